The van der Waals surface area contributed by atoms with E-state index in [1.54, 1.807) is 18.2 Å². The van der Waals surface area contributed by atoms with E-state index in [0.717, 1.165) is 18.2 Å². The van der Waals surface area contributed by atoms with Gasteiger partial charge in [0.2, 0.25) is 11.8 Å². The zero-order valence-corrected chi connectivity index (χ0v) is 15.7. The summed E-state index contributed by atoms with van der Waals surface area (Å²) < 4.78 is 24.4. The number of methoxy groups -OCH3 is 2. The highest BCUT2D eigenvalue weighted by molar-refractivity contribution is 6.04. The molecule has 3 rings (SSSR count). The second-order valence-corrected chi connectivity index (χ2v) is 6.35. The Labute approximate surface area is 165 Å². The first kappa shape index (κ1) is 20.1. The molecule has 2 aromatic carbocycles. The lowest BCUT2D eigenvalue weighted by Gasteiger charge is -2.20. The zero-order valence-electron chi connectivity index (χ0n) is 15.7. The van der Waals surface area contributed by atoms with Crippen LogP contribution in [0.2, 0.25) is 0 Å². The minimum absolute atomic E-state index is 0.0594. The third kappa shape index (κ3) is 4.10. The molecule has 1 aliphatic rings. The molecule has 0 spiro atoms. The highest BCUT2D eigenvalue weighted by atomic mass is 19.1. The number of amides is 2. The quantitative estimate of drug-likeness (QED) is 0.586. The maximum atomic E-state index is 13.9. The number of rotatable bonds is 6. The summed E-state index contributed by atoms with van der Waals surface area (Å²) in [4.78, 5) is 36.6. The number of nitrogens with one attached hydrogen (secondary N) is 1. The van der Waals surface area contributed by atoms with E-state index in [0.29, 0.717) is 17.2 Å². The van der Waals surface area contributed by atoms with Crippen molar-refractivity contribution in [2.24, 2.45) is 5.92 Å². The number of hydrogen-bond acceptors (Lipinski definition) is 6. The van der Waals surface area contributed by atoms with Crippen molar-refractivity contribution in [2.75, 3.05) is 31.0 Å². The van der Waals surface area contributed by atoms with E-state index in [4.69, 9.17) is 9.47 Å². The minimum atomic E-state index is -0.804. The summed E-state index contributed by atoms with van der Waals surface area (Å²) in [5, 5.41) is 13.2. The van der Waals surface area contributed by atoms with Gasteiger partial charge >= 0.3 is 0 Å². The first-order valence-electron chi connectivity index (χ1n) is 8.61. The molecule has 0 aromatic heterocycles. The highest BCUT2D eigenvalue weighted by Gasteiger charge is 2.36. The number of halogens is 1. The number of nitro benzene ring substituents is 1. The molecule has 1 saturated heterocycles. The molecule has 1 aliphatic heterocycles. The monoisotopic (exact) mass is 403 g/mol. The van der Waals surface area contributed by atoms with E-state index in [9.17, 15) is 24.1 Å². The molecule has 1 fully saturated rings. The van der Waals surface area contributed by atoms with Crippen LogP contribution in [0.5, 0.6) is 11.5 Å². The largest absolute Gasteiger partial charge is 0.497 e. The molecule has 1 N–H and O–H groups in total. The van der Waals surface area contributed by atoms with E-state index >= 15 is 0 Å². The second kappa shape index (κ2) is 8.13. The summed E-state index contributed by atoms with van der Waals surface area (Å²) >= 11 is 0. The van der Waals surface area contributed by atoms with E-state index < -0.39 is 22.6 Å². The van der Waals surface area contributed by atoms with Crippen LogP contribution in [0, 0.1) is 21.8 Å². The maximum absolute atomic E-state index is 13.9. The number of anilines is 2. The molecule has 0 bridgehead atoms. The molecule has 2 aromatic rings. The van der Waals surface area contributed by atoms with Crippen LogP contribution in [-0.2, 0) is 9.59 Å². The van der Waals surface area contributed by atoms with Crippen LogP contribution in [0.1, 0.15) is 6.42 Å². The molecule has 10 heteroatoms. The number of hydrogen-bond donors (Lipinski definition) is 1. The number of nitro groups is 1. The third-order valence-electron chi connectivity index (χ3n) is 4.59. The van der Waals surface area contributed by atoms with Gasteiger partial charge in [0.25, 0.3) is 5.69 Å². The van der Waals surface area contributed by atoms with Crippen molar-refractivity contribution in [1.82, 2.24) is 0 Å². The number of non-ortho nitro benzene ring substituents is 1. The molecular formula is C19H18FN3O6. The lowest BCUT2D eigenvalue weighted by Crippen LogP contribution is -2.28. The minimum Gasteiger partial charge on any atom is -0.497 e. The fourth-order valence-corrected chi connectivity index (χ4v) is 3.08. The fraction of sp³-hybridized carbons (Fsp3) is 0.263. The Morgan fingerprint density at radius 1 is 1.24 bits per heavy atom. The summed E-state index contributed by atoms with van der Waals surface area (Å²) in [6, 6.07) is 7.78. The highest BCUT2D eigenvalue weighted by Crippen LogP contribution is 2.36. The van der Waals surface area contributed by atoms with E-state index in [1.807, 2.05) is 0 Å². The van der Waals surface area contributed by atoms with Crippen molar-refractivity contribution >= 4 is 28.9 Å². The van der Waals surface area contributed by atoms with Gasteiger partial charge in [-0.25, -0.2) is 4.39 Å². The predicted octanol–water partition coefficient (Wildman–Crippen LogP) is 2.74. The normalized spacial score (nSPS) is 15.9. The van der Waals surface area contributed by atoms with Gasteiger partial charge in [0.1, 0.15) is 17.3 Å². The van der Waals surface area contributed by atoms with Crippen LogP contribution in [0.25, 0.3) is 0 Å². The van der Waals surface area contributed by atoms with Gasteiger partial charge in [0.15, 0.2) is 0 Å². The summed E-state index contributed by atoms with van der Waals surface area (Å²) in [6.07, 6.45) is -0.0858. The van der Waals surface area contributed by atoms with Crippen molar-refractivity contribution < 1.29 is 28.4 Å². The Morgan fingerprint density at radius 3 is 2.66 bits per heavy atom. The van der Waals surface area contributed by atoms with Gasteiger partial charge < -0.3 is 19.7 Å². The molecular weight excluding hydrogens is 385 g/mol. The molecule has 0 unspecified atom stereocenters. The Bertz CT molecular complexity index is 980. The molecule has 2 amide bonds. The molecule has 0 radical (unpaired) electrons. The van der Waals surface area contributed by atoms with E-state index in [-0.39, 0.29) is 30.2 Å². The van der Waals surface area contributed by atoms with Crippen LogP contribution in [-0.4, -0.2) is 37.5 Å². The van der Waals surface area contributed by atoms with Crippen LogP contribution < -0.4 is 19.7 Å². The van der Waals surface area contributed by atoms with Crippen molar-refractivity contribution in [2.45, 2.75) is 6.42 Å². The fourth-order valence-electron chi connectivity index (χ4n) is 3.08. The third-order valence-corrected chi connectivity index (χ3v) is 4.59. The van der Waals surface area contributed by atoms with E-state index in [1.165, 1.54) is 19.1 Å². The summed E-state index contributed by atoms with van der Waals surface area (Å²) in [5.74, 6) is -1.51. The maximum Gasteiger partial charge on any atom is 0.271 e. The summed E-state index contributed by atoms with van der Waals surface area (Å²) in [6.45, 7) is 0.0594. The predicted molar refractivity (Wildman–Crippen MR) is 102 cm³/mol. The molecule has 29 heavy (non-hydrogen) atoms. The SMILES string of the molecule is COc1ccc(N2C[C@H](C(=O)Nc3cc([N+](=O)[O-])ccc3F)CC2=O)c(OC)c1. The van der Waals surface area contributed by atoms with Crippen LogP contribution in [0.4, 0.5) is 21.5 Å². The standard InChI is InChI=1S/C19H18FN3O6/c1-28-13-4-6-16(17(9-13)29-2)22-10-11(7-18(22)24)19(25)21-15-8-12(23(26)27)3-5-14(15)20/h3-6,8-9,11H,7,10H2,1-2H3,(H,21,25)/t11-/m1/s1. The van der Waals surface area contributed by atoms with Crippen LogP contribution in [0.3, 0.4) is 0 Å². The topological polar surface area (TPSA) is 111 Å². The number of carbonyl (C=O) groups is 2. The van der Waals surface area contributed by atoms with Gasteiger partial charge in [0, 0.05) is 31.2 Å². The van der Waals surface area contributed by atoms with Gasteiger partial charge in [-0.1, -0.05) is 0 Å². The first-order chi connectivity index (χ1) is 13.8. The average Bonchev–Trinajstić information content (AvgIpc) is 3.10. The molecule has 0 aliphatic carbocycles. The number of nitrogens with zero attached hydrogens (tertiary/aromatic N) is 2. The van der Waals surface area contributed by atoms with Gasteiger partial charge in [-0.2, -0.15) is 0 Å². The average molecular weight is 403 g/mol. The summed E-state index contributed by atoms with van der Waals surface area (Å²) in [5.41, 5.74) is -0.180. The lowest BCUT2D eigenvalue weighted by atomic mass is 10.1. The Morgan fingerprint density at radius 2 is 2.00 bits per heavy atom. The lowest BCUT2D eigenvalue weighted by molar-refractivity contribution is -0.384. The van der Waals surface area contributed by atoms with Gasteiger partial charge in [-0.05, 0) is 18.2 Å². The van der Waals surface area contributed by atoms with Gasteiger partial charge in [0.05, 0.1) is 36.4 Å². The Balaban J connectivity index is 1.78. The number of benzene rings is 2. The zero-order chi connectivity index (χ0) is 21.1. The van der Waals surface area contributed by atoms with Crippen LogP contribution >= 0.6 is 0 Å². The van der Waals surface area contributed by atoms with E-state index in [2.05, 4.69) is 5.32 Å². The van der Waals surface area contributed by atoms with Gasteiger partial charge in [-0.15, -0.1) is 0 Å². The Kier molecular flexibility index (Phi) is 5.62. The van der Waals surface area contributed by atoms with Gasteiger partial charge in [-0.3, -0.25) is 19.7 Å². The molecule has 1 atom stereocenters. The number of carbonyl (C=O) groups excluding carboxylic acids is 2. The smallest absolute Gasteiger partial charge is 0.271 e. The Hall–Kier alpha value is -3.69. The molecule has 9 nitrogen and oxygen atoms in total. The number of ether oxygens (including phenoxy) is 2. The van der Waals surface area contributed by atoms with Crippen molar-refractivity contribution in [3.05, 3.63) is 52.3 Å². The molecule has 0 saturated carbocycles. The second-order valence-electron chi connectivity index (χ2n) is 6.35. The van der Waals surface area contributed by atoms with Crippen molar-refractivity contribution in [3.8, 4) is 11.5 Å². The first-order valence-corrected chi connectivity index (χ1v) is 8.61. The molecule has 152 valence electrons. The van der Waals surface area contributed by atoms with Crippen LogP contribution in [0.15, 0.2) is 36.4 Å². The summed E-state index contributed by atoms with van der Waals surface area (Å²) in [7, 11) is 2.96. The molecule has 1 heterocycles. The van der Waals surface area contributed by atoms with Crippen molar-refractivity contribution in [1.29, 1.82) is 0 Å². The van der Waals surface area contributed by atoms with Crippen molar-refractivity contribution in [3.63, 3.8) is 0 Å².